The van der Waals surface area contributed by atoms with Gasteiger partial charge in [0, 0.05) is 18.1 Å². The summed E-state index contributed by atoms with van der Waals surface area (Å²) < 4.78 is 5.17. The minimum absolute atomic E-state index is 0. The quantitative estimate of drug-likeness (QED) is 0.369. The van der Waals surface area contributed by atoms with Gasteiger partial charge in [0.1, 0.15) is 5.54 Å². The molecule has 1 unspecified atom stereocenters. The van der Waals surface area contributed by atoms with Crippen molar-refractivity contribution in [3.05, 3.63) is 84.4 Å². The fourth-order valence-electron chi connectivity index (χ4n) is 2.97. The highest BCUT2D eigenvalue weighted by molar-refractivity contribution is 8.93. The monoisotopic (exact) mass is 417 g/mol. The number of ether oxygens (including phenoxy) is 1. The Morgan fingerprint density at radius 1 is 1.04 bits per heavy atom. The molecule has 0 heterocycles. The lowest BCUT2D eigenvalue weighted by molar-refractivity contribution is -0.138. The number of hydrogen-bond donors (Lipinski definition) is 0. The fourth-order valence-corrected chi connectivity index (χ4v) is 2.97. The Bertz CT molecular complexity index is 731. The van der Waals surface area contributed by atoms with E-state index in [9.17, 15) is 9.59 Å². The highest BCUT2D eigenvalue weighted by atomic mass is 79.9. The van der Waals surface area contributed by atoms with Crippen molar-refractivity contribution in [1.29, 1.82) is 0 Å². The Morgan fingerprint density at radius 3 is 2.08 bits per heavy atom. The topological polar surface area (TPSA) is 46.6 Å². The van der Waals surface area contributed by atoms with E-state index in [0.29, 0.717) is 12.0 Å². The van der Waals surface area contributed by atoms with E-state index in [2.05, 4.69) is 6.58 Å². The van der Waals surface area contributed by atoms with Crippen LogP contribution in [0.4, 0.5) is 0 Å². The molecule has 0 saturated carbocycles. The van der Waals surface area contributed by atoms with Crippen LogP contribution in [0.2, 0.25) is 0 Å². The van der Waals surface area contributed by atoms with Gasteiger partial charge in [0.25, 0.3) is 0 Å². The van der Waals surface area contributed by atoms with Crippen LogP contribution in [0.5, 0.6) is 0 Å². The SMILES string of the molecule is Br.C=CC(=O)OCCC(C(=O)c1ccccc1)(c1ccccc1)N(C)C. The number of carbonyl (C=O) groups excluding carboxylic acids is 2. The third-order valence-corrected chi connectivity index (χ3v) is 4.30. The molecule has 0 aromatic heterocycles. The fraction of sp³-hybridized carbons (Fsp3) is 0.238. The Hall–Kier alpha value is -2.24. The molecule has 0 bridgehead atoms. The molecule has 0 radical (unpaired) electrons. The number of ketones is 1. The maximum atomic E-state index is 13.5. The Morgan fingerprint density at radius 2 is 1.58 bits per heavy atom. The van der Waals surface area contributed by atoms with Gasteiger partial charge < -0.3 is 4.74 Å². The number of carbonyl (C=O) groups is 2. The summed E-state index contributed by atoms with van der Waals surface area (Å²) in [4.78, 5) is 26.7. The lowest BCUT2D eigenvalue weighted by Gasteiger charge is -2.39. The largest absolute Gasteiger partial charge is 0.462 e. The Balaban J connectivity index is 0.00000338. The second kappa shape index (κ2) is 10.0. The van der Waals surface area contributed by atoms with E-state index in [-0.39, 0.29) is 29.4 Å². The zero-order chi connectivity index (χ0) is 18.3. The zero-order valence-corrected chi connectivity index (χ0v) is 16.8. The molecule has 0 N–H and O–H groups in total. The van der Waals surface area contributed by atoms with Gasteiger partial charge in [-0.3, -0.25) is 9.69 Å². The summed E-state index contributed by atoms with van der Waals surface area (Å²) in [6, 6.07) is 18.7. The van der Waals surface area contributed by atoms with E-state index in [1.807, 2.05) is 67.5 Å². The van der Waals surface area contributed by atoms with Gasteiger partial charge in [-0.15, -0.1) is 17.0 Å². The van der Waals surface area contributed by atoms with Gasteiger partial charge in [0.05, 0.1) is 6.61 Å². The molecule has 4 nitrogen and oxygen atoms in total. The molecule has 0 spiro atoms. The lowest BCUT2D eigenvalue weighted by Crippen LogP contribution is -2.49. The number of hydrogen-bond acceptors (Lipinski definition) is 4. The highest BCUT2D eigenvalue weighted by Crippen LogP contribution is 2.34. The first-order chi connectivity index (χ1) is 12.0. The first-order valence-electron chi connectivity index (χ1n) is 8.14. The van der Waals surface area contributed by atoms with Gasteiger partial charge in [-0.05, 0) is 19.7 Å². The van der Waals surface area contributed by atoms with Crippen molar-refractivity contribution in [1.82, 2.24) is 4.90 Å². The average Bonchev–Trinajstić information content (AvgIpc) is 2.65. The van der Waals surface area contributed by atoms with Gasteiger partial charge >= 0.3 is 5.97 Å². The van der Waals surface area contributed by atoms with Gasteiger partial charge in [-0.2, -0.15) is 0 Å². The summed E-state index contributed by atoms with van der Waals surface area (Å²) in [6.45, 7) is 3.52. The predicted octanol–water partition coefficient (Wildman–Crippen LogP) is 4.02. The van der Waals surface area contributed by atoms with Crippen molar-refractivity contribution < 1.29 is 14.3 Å². The van der Waals surface area contributed by atoms with E-state index in [0.717, 1.165) is 11.6 Å². The number of nitrogens with zero attached hydrogens (tertiary/aromatic N) is 1. The predicted molar refractivity (Wildman–Crippen MR) is 109 cm³/mol. The summed E-state index contributed by atoms with van der Waals surface area (Å²) in [5.41, 5.74) is 0.558. The first-order valence-corrected chi connectivity index (χ1v) is 8.14. The van der Waals surface area contributed by atoms with Crippen LogP contribution in [0, 0.1) is 0 Å². The molecule has 2 rings (SSSR count). The second-order valence-corrected chi connectivity index (χ2v) is 5.94. The van der Waals surface area contributed by atoms with Crippen LogP contribution >= 0.6 is 17.0 Å². The van der Waals surface area contributed by atoms with Crippen molar-refractivity contribution in [3.8, 4) is 0 Å². The zero-order valence-electron chi connectivity index (χ0n) is 15.1. The van der Waals surface area contributed by atoms with Crippen LogP contribution < -0.4 is 0 Å². The number of likely N-dealkylation sites (N-methyl/N-ethyl adjacent to an activating group) is 1. The van der Waals surface area contributed by atoms with E-state index < -0.39 is 11.5 Å². The molecule has 1 atom stereocenters. The Kier molecular flexibility index (Phi) is 8.42. The highest BCUT2D eigenvalue weighted by Gasteiger charge is 2.42. The average molecular weight is 418 g/mol. The minimum atomic E-state index is -0.927. The number of benzene rings is 2. The number of rotatable bonds is 8. The molecule has 0 fully saturated rings. The summed E-state index contributed by atoms with van der Waals surface area (Å²) in [6.07, 6.45) is 1.47. The lowest BCUT2D eigenvalue weighted by atomic mass is 9.79. The number of halogens is 1. The van der Waals surface area contributed by atoms with Crippen molar-refractivity contribution >= 4 is 28.7 Å². The van der Waals surface area contributed by atoms with Crippen LogP contribution in [0.15, 0.2) is 73.3 Å². The standard InChI is InChI=1S/C21H23NO3.BrH/c1-4-19(23)25-16-15-21(22(2)3,18-13-9-6-10-14-18)20(24)17-11-7-5-8-12-17;/h4-14H,1,15-16H2,2-3H3;1H. The van der Waals surface area contributed by atoms with Crippen molar-refractivity contribution in [2.45, 2.75) is 12.0 Å². The molecular formula is C21H24BrNO3. The maximum absolute atomic E-state index is 13.5. The molecule has 0 aliphatic heterocycles. The summed E-state index contributed by atoms with van der Waals surface area (Å²) >= 11 is 0. The van der Waals surface area contributed by atoms with Crippen LogP contribution in [-0.2, 0) is 15.1 Å². The second-order valence-electron chi connectivity index (χ2n) is 5.94. The Labute approximate surface area is 165 Å². The van der Waals surface area contributed by atoms with Crippen molar-refractivity contribution in [2.75, 3.05) is 20.7 Å². The molecule has 5 heteroatoms. The van der Waals surface area contributed by atoms with Crippen molar-refractivity contribution in [3.63, 3.8) is 0 Å². The van der Waals surface area contributed by atoms with E-state index in [1.165, 1.54) is 0 Å². The minimum Gasteiger partial charge on any atom is -0.462 e. The summed E-state index contributed by atoms with van der Waals surface area (Å²) in [5, 5.41) is 0. The number of Topliss-reactive ketones (excluding diaryl/α,β-unsaturated/α-hetero) is 1. The van der Waals surface area contributed by atoms with E-state index in [4.69, 9.17) is 4.74 Å². The molecule has 2 aromatic carbocycles. The molecular weight excluding hydrogens is 394 g/mol. The normalized spacial score (nSPS) is 12.6. The van der Waals surface area contributed by atoms with Crippen molar-refractivity contribution in [2.24, 2.45) is 0 Å². The molecule has 0 aliphatic rings. The molecule has 26 heavy (non-hydrogen) atoms. The van der Waals surface area contributed by atoms with Crippen LogP contribution in [0.3, 0.4) is 0 Å². The molecule has 0 aliphatic carbocycles. The van der Waals surface area contributed by atoms with Crippen LogP contribution in [0.25, 0.3) is 0 Å². The third-order valence-electron chi connectivity index (χ3n) is 4.30. The number of esters is 1. The molecule has 0 amide bonds. The summed E-state index contributed by atoms with van der Waals surface area (Å²) in [7, 11) is 3.73. The first kappa shape index (κ1) is 21.8. The molecule has 2 aromatic rings. The smallest absolute Gasteiger partial charge is 0.330 e. The van der Waals surface area contributed by atoms with E-state index >= 15 is 0 Å². The van der Waals surface area contributed by atoms with Gasteiger partial charge in [0.15, 0.2) is 5.78 Å². The van der Waals surface area contributed by atoms with Gasteiger partial charge in [0.2, 0.25) is 0 Å². The maximum Gasteiger partial charge on any atom is 0.330 e. The summed E-state index contributed by atoms with van der Waals surface area (Å²) in [5.74, 6) is -0.521. The van der Waals surface area contributed by atoms with Crippen LogP contribution in [0.1, 0.15) is 22.3 Å². The van der Waals surface area contributed by atoms with Crippen LogP contribution in [-0.4, -0.2) is 37.4 Å². The molecule has 0 saturated heterocycles. The van der Waals surface area contributed by atoms with Gasteiger partial charge in [-0.1, -0.05) is 67.2 Å². The molecule has 138 valence electrons. The van der Waals surface area contributed by atoms with E-state index in [1.54, 1.807) is 12.1 Å². The van der Waals surface area contributed by atoms with Gasteiger partial charge in [-0.25, -0.2) is 4.79 Å². The third kappa shape index (κ3) is 4.68.